The maximum atomic E-state index is 13.9. The van der Waals surface area contributed by atoms with Gasteiger partial charge in [0.15, 0.2) is 0 Å². The Balaban J connectivity index is 1.75. The van der Waals surface area contributed by atoms with E-state index in [1.165, 1.54) is 12.3 Å². The van der Waals surface area contributed by atoms with E-state index in [9.17, 15) is 14.3 Å². The number of hydrogen-bond acceptors (Lipinski definition) is 3. The van der Waals surface area contributed by atoms with Crippen LogP contribution >= 0.6 is 11.8 Å². The molecule has 3 N–H and O–H groups in total. The molecule has 0 aliphatic carbocycles. The first-order valence-corrected chi connectivity index (χ1v) is 8.08. The minimum atomic E-state index is -0.842. The lowest BCUT2D eigenvalue weighted by Gasteiger charge is -2.31. The number of halogens is 1. The van der Waals surface area contributed by atoms with Crippen LogP contribution in [0.25, 0.3) is 10.9 Å². The molecule has 0 radical (unpaired) electrons. The number of aliphatic hydroxyl groups is 1. The molecule has 1 amide bonds. The third-order valence-electron chi connectivity index (χ3n) is 3.90. The number of nitrogens with one attached hydrogen (secondary N) is 2. The predicted octanol–water partition coefficient (Wildman–Crippen LogP) is 2.29. The molecular formula is C15H17FN2O2S. The number of carbonyl (C=O) groups is 1. The molecule has 6 heteroatoms. The van der Waals surface area contributed by atoms with E-state index in [1.807, 2.05) is 0 Å². The molecule has 1 aliphatic rings. The fourth-order valence-corrected chi connectivity index (χ4v) is 3.84. The highest BCUT2D eigenvalue weighted by Gasteiger charge is 2.30. The van der Waals surface area contributed by atoms with Crippen LogP contribution in [0.2, 0.25) is 0 Å². The van der Waals surface area contributed by atoms with E-state index in [1.54, 1.807) is 23.9 Å². The zero-order valence-corrected chi connectivity index (χ0v) is 12.3. The van der Waals surface area contributed by atoms with Crippen LogP contribution in [0.4, 0.5) is 4.39 Å². The van der Waals surface area contributed by atoms with Gasteiger partial charge in [-0.2, -0.15) is 11.8 Å². The van der Waals surface area contributed by atoms with Gasteiger partial charge in [-0.3, -0.25) is 4.79 Å². The van der Waals surface area contributed by atoms with Crippen LogP contribution in [0.5, 0.6) is 0 Å². The van der Waals surface area contributed by atoms with Gasteiger partial charge in [0.05, 0.1) is 11.2 Å². The SMILES string of the molecule is O=C(NCC1(O)CCSCC1)c1c[nH]c2cccc(F)c12. The summed E-state index contributed by atoms with van der Waals surface area (Å²) in [4.78, 5) is 15.1. The second-order valence-corrected chi connectivity index (χ2v) is 6.61. The van der Waals surface area contributed by atoms with Crippen LogP contribution in [0.1, 0.15) is 23.2 Å². The lowest BCUT2D eigenvalue weighted by Crippen LogP contribution is -2.45. The average molecular weight is 308 g/mol. The summed E-state index contributed by atoms with van der Waals surface area (Å²) in [6, 6.07) is 4.65. The fourth-order valence-electron chi connectivity index (χ4n) is 2.59. The van der Waals surface area contributed by atoms with Gasteiger partial charge < -0.3 is 15.4 Å². The smallest absolute Gasteiger partial charge is 0.253 e. The van der Waals surface area contributed by atoms with Gasteiger partial charge in [0.25, 0.3) is 5.91 Å². The van der Waals surface area contributed by atoms with Crippen molar-refractivity contribution in [1.29, 1.82) is 0 Å². The minimum absolute atomic E-state index is 0.202. The molecule has 0 spiro atoms. The van der Waals surface area contributed by atoms with E-state index in [0.29, 0.717) is 23.7 Å². The first kappa shape index (κ1) is 14.4. The predicted molar refractivity (Wildman–Crippen MR) is 82.1 cm³/mol. The van der Waals surface area contributed by atoms with Gasteiger partial charge in [-0.25, -0.2) is 4.39 Å². The van der Waals surface area contributed by atoms with Gasteiger partial charge in [-0.1, -0.05) is 6.07 Å². The molecule has 0 bridgehead atoms. The molecule has 4 nitrogen and oxygen atoms in total. The van der Waals surface area contributed by atoms with Crippen LogP contribution in [-0.4, -0.2) is 39.6 Å². The van der Waals surface area contributed by atoms with Crippen LogP contribution < -0.4 is 5.32 Å². The lowest BCUT2D eigenvalue weighted by molar-refractivity contribution is 0.0311. The monoisotopic (exact) mass is 308 g/mol. The van der Waals surface area contributed by atoms with Crippen molar-refractivity contribution in [2.24, 2.45) is 0 Å². The molecule has 1 saturated heterocycles. The third-order valence-corrected chi connectivity index (χ3v) is 4.89. The summed E-state index contributed by atoms with van der Waals surface area (Å²) in [5.74, 6) is 1.01. The first-order valence-electron chi connectivity index (χ1n) is 6.93. The number of aromatic amines is 1. The Bertz CT molecular complexity index is 665. The molecule has 1 aliphatic heterocycles. The van der Waals surface area contributed by atoms with Crippen molar-refractivity contribution in [1.82, 2.24) is 10.3 Å². The number of hydrogen-bond donors (Lipinski definition) is 3. The maximum absolute atomic E-state index is 13.9. The summed E-state index contributed by atoms with van der Waals surface area (Å²) >= 11 is 1.81. The van der Waals surface area contributed by atoms with E-state index in [4.69, 9.17) is 0 Å². The van der Waals surface area contributed by atoms with Gasteiger partial charge in [0.2, 0.25) is 0 Å². The number of carbonyl (C=O) groups excluding carboxylic acids is 1. The van der Waals surface area contributed by atoms with Gasteiger partial charge >= 0.3 is 0 Å². The molecule has 21 heavy (non-hydrogen) atoms. The Morgan fingerprint density at radius 1 is 1.43 bits per heavy atom. The van der Waals surface area contributed by atoms with E-state index < -0.39 is 11.4 Å². The van der Waals surface area contributed by atoms with Crippen LogP contribution in [0, 0.1) is 5.82 Å². The standard InChI is InChI=1S/C15H17FN2O2S/c16-11-2-1-3-12-13(11)10(8-17-12)14(19)18-9-15(20)4-6-21-7-5-15/h1-3,8,17,20H,4-7,9H2,(H,18,19). The summed E-state index contributed by atoms with van der Waals surface area (Å²) in [6.45, 7) is 0.202. The number of rotatable bonds is 3. The summed E-state index contributed by atoms with van der Waals surface area (Å²) < 4.78 is 13.9. The maximum Gasteiger partial charge on any atom is 0.253 e. The Morgan fingerprint density at radius 3 is 2.95 bits per heavy atom. The Morgan fingerprint density at radius 2 is 2.19 bits per heavy atom. The summed E-state index contributed by atoms with van der Waals surface area (Å²) in [7, 11) is 0. The zero-order chi connectivity index (χ0) is 14.9. The molecule has 2 heterocycles. The highest BCUT2D eigenvalue weighted by atomic mass is 32.2. The summed E-state index contributed by atoms with van der Waals surface area (Å²) in [6.07, 6.45) is 2.84. The van der Waals surface area contributed by atoms with E-state index in [2.05, 4.69) is 10.3 Å². The molecule has 1 aromatic carbocycles. The van der Waals surface area contributed by atoms with Crippen LogP contribution in [-0.2, 0) is 0 Å². The van der Waals surface area contributed by atoms with Crippen LogP contribution in [0.15, 0.2) is 24.4 Å². The largest absolute Gasteiger partial charge is 0.388 e. The minimum Gasteiger partial charge on any atom is -0.388 e. The zero-order valence-electron chi connectivity index (χ0n) is 11.5. The van der Waals surface area contributed by atoms with Crippen molar-refractivity contribution in [3.8, 4) is 0 Å². The van der Waals surface area contributed by atoms with Crippen molar-refractivity contribution in [2.45, 2.75) is 18.4 Å². The highest BCUT2D eigenvalue weighted by Crippen LogP contribution is 2.26. The molecule has 2 aromatic rings. The Kier molecular flexibility index (Phi) is 3.91. The second-order valence-electron chi connectivity index (χ2n) is 5.38. The van der Waals surface area contributed by atoms with Crippen molar-refractivity contribution in [2.75, 3.05) is 18.1 Å². The van der Waals surface area contributed by atoms with Gasteiger partial charge in [0.1, 0.15) is 5.82 Å². The number of thioether (sulfide) groups is 1. The normalized spacial score (nSPS) is 17.8. The Labute approximate surface area is 126 Å². The quantitative estimate of drug-likeness (QED) is 0.815. The second kappa shape index (κ2) is 5.69. The first-order chi connectivity index (χ1) is 10.1. The van der Waals surface area contributed by atoms with E-state index in [-0.39, 0.29) is 18.0 Å². The fraction of sp³-hybridized carbons (Fsp3) is 0.400. The van der Waals surface area contributed by atoms with Crippen molar-refractivity contribution >= 4 is 28.6 Å². The van der Waals surface area contributed by atoms with Crippen LogP contribution in [0.3, 0.4) is 0 Å². The molecular weight excluding hydrogens is 291 g/mol. The van der Waals surface area contributed by atoms with Crippen molar-refractivity contribution in [3.05, 3.63) is 35.8 Å². The summed E-state index contributed by atoms with van der Waals surface area (Å²) in [5.41, 5.74) is 0.0239. The number of benzene rings is 1. The highest BCUT2D eigenvalue weighted by molar-refractivity contribution is 7.99. The van der Waals surface area contributed by atoms with Crippen molar-refractivity contribution < 1.29 is 14.3 Å². The molecule has 0 atom stereocenters. The third kappa shape index (κ3) is 2.91. The number of H-pyrrole nitrogens is 1. The molecule has 1 aromatic heterocycles. The average Bonchev–Trinajstić information content (AvgIpc) is 2.91. The number of amides is 1. The molecule has 3 rings (SSSR count). The summed E-state index contributed by atoms with van der Waals surface area (Å²) in [5, 5.41) is 13.4. The molecule has 1 fully saturated rings. The number of fused-ring (bicyclic) bond motifs is 1. The van der Waals surface area contributed by atoms with Gasteiger partial charge in [0, 0.05) is 23.6 Å². The topological polar surface area (TPSA) is 65.1 Å². The van der Waals surface area contributed by atoms with Gasteiger partial charge in [-0.15, -0.1) is 0 Å². The number of aromatic nitrogens is 1. The molecule has 0 saturated carbocycles. The molecule has 0 unspecified atom stereocenters. The van der Waals surface area contributed by atoms with Gasteiger partial charge in [-0.05, 0) is 36.5 Å². The van der Waals surface area contributed by atoms with E-state index >= 15 is 0 Å². The van der Waals surface area contributed by atoms with E-state index in [0.717, 1.165) is 11.5 Å². The lowest BCUT2D eigenvalue weighted by atomic mass is 9.97. The molecule has 112 valence electrons. The van der Waals surface area contributed by atoms with Crippen molar-refractivity contribution in [3.63, 3.8) is 0 Å². The Hall–Kier alpha value is -1.53.